The van der Waals surface area contributed by atoms with Gasteiger partial charge in [0.2, 0.25) is 0 Å². The summed E-state index contributed by atoms with van der Waals surface area (Å²) in [5, 5.41) is 20.7. The summed E-state index contributed by atoms with van der Waals surface area (Å²) in [4.78, 5) is 4.31. The lowest BCUT2D eigenvalue weighted by molar-refractivity contribution is 0.282. The summed E-state index contributed by atoms with van der Waals surface area (Å²) in [6, 6.07) is 14.9. The van der Waals surface area contributed by atoms with Gasteiger partial charge in [-0.2, -0.15) is 0 Å². The third kappa shape index (κ3) is 2.28. The molecule has 0 unspecified atom stereocenters. The van der Waals surface area contributed by atoms with Crippen LogP contribution in [0.1, 0.15) is 5.56 Å². The maximum Gasteiger partial charge on any atom is 0.116 e. The van der Waals surface area contributed by atoms with Crippen molar-refractivity contribution in [1.82, 2.24) is 4.98 Å². The second kappa shape index (κ2) is 4.71. The summed E-state index contributed by atoms with van der Waals surface area (Å²) in [7, 11) is 0. The van der Waals surface area contributed by atoms with E-state index in [1.54, 1.807) is 24.4 Å². The van der Waals surface area contributed by atoms with Gasteiger partial charge < -0.3 is 10.2 Å². The molecule has 0 atom stereocenters. The van der Waals surface area contributed by atoms with Crippen LogP contribution in [0.2, 0.25) is 0 Å². The van der Waals surface area contributed by atoms with Crippen molar-refractivity contribution >= 4 is 10.8 Å². The van der Waals surface area contributed by atoms with Gasteiger partial charge in [-0.1, -0.05) is 18.2 Å². The third-order valence-corrected chi connectivity index (χ3v) is 3.13. The number of nitrogens with zero attached hydrogens (tertiary/aromatic N) is 1. The van der Waals surface area contributed by atoms with E-state index in [4.69, 9.17) is 5.11 Å². The fourth-order valence-electron chi connectivity index (χ4n) is 2.12. The zero-order valence-electron chi connectivity index (χ0n) is 10.2. The summed E-state index contributed by atoms with van der Waals surface area (Å²) in [5.41, 5.74) is 2.62. The number of hydrogen-bond acceptors (Lipinski definition) is 3. The maximum atomic E-state index is 9.53. The highest BCUT2D eigenvalue weighted by Crippen LogP contribution is 2.26. The van der Waals surface area contributed by atoms with E-state index in [9.17, 15) is 5.11 Å². The van der Waals surface area contributed by atoms with Crippen molar-refractivity contribution in [3.63, 3.8) is 0 Å². The lowest BCUT2D eigenvalue weighted by Gasteiger charge is -2.05. The quantitative estimate of drug-likeness (QED) is 0.735. The number of aromatic nitrogens is 1. The van der Waals surface area contributed by atoms with E-state index in [-0.39, 0.29) is 12.4 Å². The zero-order chi connectivity index (χ0) is 13.2. The maximum absolute atomic E-state index is 9.53. The molecule has 0 radical (unpaired) electrons. The second-order valence-electron chi connectivity index (χ2n) is 4.45. The van der Waals surface area contributed by atoms with Crippen LogP contribution >= 0.6 is 0 Å². The monoisotopic (exact) mass is 251 g/mol. The largest absolute Gasteiger partial charge is 0.508 e. The van der Waals surface area contributed by atoms with Gasteiger partial charge in [0.25, 0.3) is 0 Å². The Morgan fingerprint density at radius 3 is 2.58 bits per heavy atom. The molecular formula is C16H13NO2. The normalized spacial score (nSPS) is 10.8. The minimum Gasteiger partial charge on any atom is -0.508 e. The number of aliphatic hydroxyl groups is 1. The van der Waals surface area contributed by atoms with Crippen molar-refractivity contribution in [2.24, 2.45) is 0 Å². The van der Waals surface area contributed by atoms with Gasteiger partial charge in [0.1, 0.15) is 5.75 Å². The van der Waals surface area contributed by atoms with Crippen molar-refractivity contribution in [3.8, 4) is 17.0 Å². The minimum atomic E-state index is 0.00386. The van der Waals surface area contributed by atoms with Gasteiger partial charge >= 0.3 is 0 Å². The van der Waals surface area contributed by atoms with Crippen LogP contribution in [0.4, 0.5) is 0 Å². The second-order valence-corrected chi connectivity index (χ2v) is 4.45. The number of phenols is 1. The first-order valence-electron chi connectivity index (χ1n) is 6.05. The van der Waals surface area contributed by atoms with Crippen molar-refractivity contribution in [3.05, 3.63) is 60.3 Å². The number of aromatic hydroxyl groups is 1. The van der Waals surface area contributed by atoms with Crippen molar-refractivity contribution < 1.29 is 10.2 Å². The first-order valence-corrected chi connectivity index (χ1v) is 6.05. The van der Waals surface area contributed by atoms with Gasteiger partial charge in [-0.3, -0.25) is 4.98 Å². The molecular weight excluding hydrogens is 238 g/mol. The summed E-state index contributed by atoms with van der Waals surface area (Å²) >= 11 is 0. The standard InChI is InChI=1S/C16H13NO2/c18-10-11-5-6-17-16(7-11)13-2-1-12-3-4-15(19)9-14(12)8-13/h1-9,18-19H,10H2. The van der Waals surface area contributed by atoms with E-state index in [1.807, 2.05) is 30.3 Å². The van der Waals surface area contributed by atoms with E-state index in [2.05, 4.69) is 4.98 Å². The van der Waals surface area contributed by atoms with Gasteiger partial charge in [-0.05, 0) is 46.7 Å². The van der Waals surface area contributed by atoms with Crippen LogP contribution in [0, 0.1) is 0 Å². The lowest BCUT2D eigenvalue weighted by atomic mass is 10.0. The predicted octanol–water partition coefficient (Wildman–Crippen LogP) is 3.10. The Balaban J connectivity index is 2.13. The SMILES string of the molecule is OCc1ccnc(-c2ccc3ccc(O)cc3c2)c1. The molecule has 3 heteroatoms. The average molecular weight is 251 g/mol. The van der Waals surface area contributed by atoms with Crippen LogP contribution in [-0.4, -0.2) is 15.2 Å². The number of fused-ring (bicyclic) bond motifs is 1. The molecule has 1 aromatic heterocycles. The number of rotatable bonds is 2. The van der Waals surface area contributed by atoms with Gasteiger partial charge in [0.05, 0.1) is 12.3 Å². The highest BCUT2D eigenvalue weighted by atomic mass is 16.3. The van der Waals surface area contributed by atoms with Gasteiger partial charge in [-0.25, -0.2) is 0 Å². The number of benzene rings is 2. The molecule has 3 nitrogen and oxygen atoms in total. The molecule has 0 amide bonds. The van der Waals surface area contributed by atoms with E-state index < -0.39 is 0 Å². The van der Waals surface area contributed by atoms with Crippen molar-refractivity contribution in [2.75, 3.05) is 0 Å². The Morgan fingerprint density at radius 1 is 0.895 bits per heavy atom. The molecule has 0 aliphatic rings. The third-order valence-electron chi connectivity index (χ3n) is 3.13. The fraction of sp³-hybridized carbons (Fsp3) is 0.0625. The molecule has 19 heavy (non-hydrogen) atoms. The van der Waals surface area contributed by atoms with Crippen LogP contribution in [0.3, 0.4) is 0 Å². The Hall–Kier alpha value is -2.39. The Morgan fingerprint density at radius 2 is 1.74 bits per heavy atom. The molecule has 2 aromatic carbocycles. The molecule has 0 fully saturated rings. The lowest BCUT2D eigenvalue weighted by Crippen LogP contribution is -1.88. The van der Waals surface area contributed by atoms with E-state index >= 15 is 0 Å². The Bertz CT molecular complexity index is 738. The molecule has 3 rings (SSSR count). The predicted molar refractivity (Wildman–Crippen MR) is 74.8 cm³/mol. The number of pyridine rings is 1. The number of hydrogen-bond donors (Lipinski definition) is 2. The smallest absolute Gasteiger partial charge is 0.116 e. The van der Waals surface area contributed by atoms with Crippen LogP contribution in [0.25, 0.3) is 22.0 Å². The van der Waals surface area contributed by atoms with Crippen LogP contribution in [0.5, 0.6) is 5.75 Å². The first kappa shape index (κ1) is 11.7. The van der Waals surface area contributed by atoms with Crippen molar-refractivity contribution in [2.45, 2.75) is 6.61 Å². The minimum absolute atomic E-state index is 0.00386. The Labute approximate surface area is 110 Å². The molecule has 0 aliphatic carbocycles. The van der Waals surface area contributed by atoms with Gasteiger partial charge in [0.15, 0.2) is 0 Å². The van der Waals surface area contributed by atoms with Crippen molar-refractivity contribution in [1.29, 1.82) is 0 Å². The molecule has 0 aliphatic heterocycles. The molecule has 0 saturated heterocycles. The molecule has 94 valence electrons. The van der Waals surface area contributed by atoms with Crippen LogP contribution in [0.15, 0.2) is 54.7 Å². The summed E-state index contributed by atoms with van der Waals surface area (Å²) in [6.07, 6.45) is 1.69. The van der Waals surface area contributed by atoms with Crippen LogP contribution in [-0.2, 0) is 6.61 Å². The molecule has 3 aromatic rings. The summed E-state index contributed by atoms with van der Waals surface area (Å²) in [5.74, 6) is 0.252. The van der Waals surface area contributed by atoms with E-state index in [0.29, 0.717) is 0 Å². The number of aliphatic hydroxyl groups excluding tert-OH is 1. The highest BCUT2D eigenvalue weighted by molar-refractivity contribution is 5.87. The topological polar surface area (TPSA) is 53.4 Å². The highest BCUT2D eigenvalue weighted by Gasteiger charge is 2.03. The number of phenolic OH excluding ortho intramolecular Hbond substituents is 1. The van der Waals surface area contributed by atoms with Crippen LogP contribution < -0.4 is 0 Å². The molecule has 0 spiro atoms. The van der Waals surface area contributed by atoms with E-state index in [1.165, 1.54) is 0 Å². The molecule has 2 N–H and O–H groups in total. The Kier molecular flexibility index (Phi) is 2.89. The summed E-state index contributed by atoms with van der Waals surface area (Å²) < 4.78 is 0. The molecule has 0 saturated carbocycles. The van der Waals surface area contributed by atoms with E-state index in [0.717, 1.165) is 27.6 Å². The summed E-state index contributed by atoms with van der Waals surface area (Å²) in [6.45, 7) is 0.00386. The zero-order valence-corrected chi connectivity index (χ0v) is 10.2. The molecule has 1 heterocycles. The first-order chi connectivity index (χ1) is 9.26. The fourth-order valence-corrected chi connectivity index (χ4v) is 2.12. The van der Waals surface area contributed by atoms with Gasteiger partial charge in [0, 0.05) is 11.8 Å². The van der Waals surface area contributed by atoms with Gasteiger partial charge in [-0.15, -0.1) is 0 Å². The molecule has 0 bridgehead atoms. The average Bonchev–Trinajstić information content (AvgIpc) is 2.46.